The summed E-state index contributed by atoms with van der Waals surface area (Å²) in [5.41, 5.74) is 3.34. The summed E-state index contributed by atoms with van der Waals surface area (Å²) in [5, 5.41) is 49.9. The number of Topliss-reactive ketones (excluding diaryl/α,β-unsaturated/α-hetero) is 2. The highest BCUT2D eigenvalue weighted by atomic mass is 16.3. The van der Waals surface area contributed by atoms with E-state index < -0.39 is 58.0 Å². The second-order valence-electron chi connectivity index (χ2n) is 11.4. The highest BCUT2D eigenvalue weighted by Crippen LogP contribution is 2.52. The summed E-state index contributed by atoms with van der Waals surface area (Å²) in [7, 11) is 3.21. The number of hydrogen-bond acceptors (Lipinski definition) is 9. The number of nitrogens with two attached hydrogens (primary N) is 1. The summed E-state index contributed by atoms with van der Waals surface area (Å²) in [6.45, 7) is 0.630. The molecule has 2 aromatic rings. The van der Waals surface area contributed by atoms with Crippen LogP contribution in [0, 0.1) is 11.8 Å². The number of aliphatic hydroxyl groups is 3. The minimum absolute atomic E-state index is 0.0237. The van der Waals surface area contributed by atoms with Crippen LogP contribution < -0.4 is 11.1 Å². The van der Waals surface area contributed by atoms with Crippen molar-refractivity contribution in [3.8, 4) is 5.75 Å². The summed E-state index contributed by atoms with van der Waals surface area (Å²) in [6, 6.07) is 7.07. The fourth-order valence-electron chi connectivity index (χ4n) is 6.72. The summed E-state index contributed by atoms with van der Waals surface area (Å²) < 4.78 is 0. The lowest BCUT2D eigenvalue weighted by molar-refractivity contribution is -0.148. The molecule has 39 heavy (non-hydrogen) atoms. The first-order valence-electron chi connectivity index (χ1n) is 13.1. The molecule has 2 aromatic carbocycles. The largest absolute Gasteiger partial charge is 0.510 e. The standard InChI is InChI=1S/C29H31N3O7/c1-32(2)22-18-10-15-9-14-8-13-4-3-12(11-31-16-5-6-16)7-17(13)23(33)19(14)24(34)20(15)26(36)29(18,39)27(37)21(25(22)35)28(30)38/h3-4,7-8,15-16,18,22,31,33,35-36,39H,5-6,9-11H2,1-2H3,(H2,30,38)/t15-,18-,22-,29-/m0/s1. The third kappa shape index (κ3) is 3.62. The highest BCUT2D eigenvalue weighted by molar-refractivity contribution is 6.25. The number of likely N-dealkylation sites (N-methyl/N-ethyl adjacent to an activating group) is 1. The predicted molar refractivity (Wildman–Crippen MR) is 141 cm³/mol. The molecule has 0 aliphatic heterocycles. The van der Waals surface area contributed by atoms with E-state index in [-0.39, 0.29) is 29.7 Å². The molecule has 4 aliphatic carbocycles. The highest BCUT2D eigenvalue weighted by Gasteiger charge is 2.63. The van der Waals surface area contributed by atoms with Gasteiger partial charge in [-0.3, -0.25) is 19.3 Å². The van der Waals surface area contributed by atoms with Crippen molar-refractivity contribution in [2.24, 2.45) is 17.6 Å². The molecule has 1 amide bonds. The Labute approximate surface area is 224 Å². The topological polar surface area (TPSA) is 173 Å². The van der Waals surface area contributed by atoms with Crippen LogP contribution in [0.15, 0.2) is 46.9 Å². The van der Waals surface area contributed by atoms with Crippen molar-refractivity contribution in [2.45, 2.75) is 49.9 Å². The molecule has 1 saturated carbocycles. The molecule has 10 heteroatoms. The maximum Gasteiger partial charge on any atom is 0.255 e. The number of primary amides is 1. The normalized spacial score (nSPS) is 28.6. The number of aliphatic hydroxyl groups excluding tert-OH is 2. The molecule has 0 unspecified atom stereocenters. The van der Waals surface area contributed by atoms with Crippen LogP contribution in [0.25, 0.3) is 10.8 Å². The number of ketones is 2. The number of carbonyl (C=O) groups is 3. The Morgan fingerprint density at radius 3 is 2.51 bits per heavy atom. The molecule has 0 heterocycles. The van der Waals surface area contributed by atoms with Crippen LogP contribution in [0.4, 0.5) is 0 Å². The molecule has 1 fully saturated rings. The number of rotatable bonds is 5. The Hall–Kier alpha value is -3.73. The van der Waals surface area contributed by atoms with Gasteiger partial charge in [-0.2, -0.15) is 0 Å². The van der Waals surface area contributed by atoms with Crippen molar-refractivity contribution in [1.82, 2.24) is 10.2 Å². The summed E-state index contributed by atoms with van der Waals surface area (Å²) in [5.74, 6) is -6.45. The number of nitrogens with one attached hydrogen (secondary N) is 1. The quantitative estimate of drug-likeness (QED) is 0.312. The molecule has 204 valence electrons. The number of allylic oxidation sites excluding steroid dienone is 1. The second-order valence-corrected chi connectivity index (χ2v) is 11.4. The van der Waals surface area contributed by atoms with Gasteiger partial charge in [0, 0.05) is 29.5 Å². The number of phenols is 1. The molecule has 4 atom stereocenters. The van der Waals surface area contributed by atoms with E-state index in [0.717, 1.165) is 23.8 Å². The Kier molecular flexibility index (Phi) is 5.66. The summed E-state index contributed by atoms with van der Waals surface area (Å²) in [6.07, 6.45) is 2.61. The van der Waals surface area contributed by atoms with E-state index in [1.165, 1.54) is 4.90 Å². The lowest BCUT2D eigenvalue weighted by atomic mass is 9.58. The van der Waals surface area contributed by atoms with Crippen LogP contribution in [0.1, 0.15) is 40.7 Å². The molecule has 6 rings (SSSR count). The molecule has 10 nitrogen and oxygen atoms in total. The first-order valence-corrected chi connectivity index (χ1v) is 13.1. The van der Waals surface area contributed by atoms with Crippen molar-refractivity contribution in [2.75, 3.05) is 14.1 Å². The van der Waals surface area contributed by atoms with E-state index in [9.17, 15) is 34.8 Å². The van der Waals surface area contributed by atoms with Crippen molar-refractivity contribution in [3.63, 3.8) is 0 Å². The van der Waals surface area contributed by atoms with Crippen LogP contribution in [-0.2, 0) is 22.6 Å². The van der Waals surface area contributed by atoms with Crippen molar-refractivity contribution in [1.29, 1.82) is 0 Å². The Balaban J connectivity index is 1.48. The maximum atomic E-state index is 13.9. The van der Waals surface area contributed by atoms with Crippen LogP contribution in [0.3, 0.4) is 0 Å². The van der Waals surface area contributed by atoms with Gasteiger partial charge in [0.1, 0.15) is 22.8 Å². The molecule has 0 radical (unpaired) electrons. The molecule has 0 saturated heterocycles. The van der Waals surface area contributed by atoms with Gasteiger partial charge >= 0.3 is 0 Å². The third-order valence-electron chi connectivity index (χ3n) is 8.76. The fraction of sp³-hybridized carbons (Fsp3) is 0.414. The van der Waals surface area contributed by atoms with Gasteiger partial charge in [-0.25, -0.2) is 0 Å². The first-order chi connectivity index (χ1) is 18.4. The molecule has 0 bridgehead atoms. The van der Waals surface area contributed by atoms with E-state index >= 15 is 0 Å². The smallest absolute Gasteiger partial charge is 0.255 e. The average molecular weight is 534 g/mol. The zero-order valence-electron chi connectivity index (χ0n) is 21.7. The van der Waals surface area contributed by atoms with Gasteiger partial charge in [-0.1, -0.05) is 18.2 Å². The minimum Gasteiger partial charge on any atom is -0.510 e. The van der Waals surface area contributed by atoms with E-state index in [1.807, 2.05) is 24.3 Å². The van der Waals surface area contributed by atoms with E-state index in [4.69, 9.17) is 5.73 Å². The van der Waals surface area contributed by atoms with Crippen LogP contribution in [-0.4, -0.2) is 74.6 Å². The number of benzene rings is 2. The van der Waals surface area contributed by atoms with Crippen LogP contribution in [0.5, 0.6) is 5.75 Å². The lowest BCUT2D eigenvalue weighted by Crippen LogP contribution is -2.63. The van der Waals surface area contributed by atoms with Crippen LogP contribution >= 0.6 is 0 Å². The van der Waals surface area contributed by atoms with Crippen molar-refractivity contribution < 1.29 is 34.8 Å². The lowest BCUT2D eigenvalue weighted by Gasteiger charge is -2.50. The number of nitrogens with zero attached hydrogens (tertiary/aromatic N) is 1. The number of hydrogen-bond donors (Lipinski definition) is 6. The molecule has 0 spiro atoms. The average Bonchev–Trinajstić information content (AvgIpc) is 3.69. The zero-order chi connectivity index (χ0) is 28.0. The number of aromatic hydroxyl groups is 1. The summed E-state index contributed by atoms with van der Waals surface area (Å²) in [4.78, 5) is 40.9. The van der Waals surface area contributed by atoms with E-state index in [0.29, 0.717) is 23.5 Å². The van der Waals surface area contributed by atoms with Gasteiger partial charge in [-0.15, -0.1) is 0 Å². The van der Waals surface area contributed by atoms with Crippen LogP contribution in [0.2, 0.25) is 0 Å². The molecular weight excluding hydrogens is 502 g/mol. The Morgan fingerprint density at radius 2 is 1.87 bits per heavy atom. The van der Waals surface area contributed by atoms with E-state index in [2.05, 4.69) is 5.32 Å². The molecule has 4 aliphatic rings. The van der Waals surface area contributed by atoms with Gasteiger partial charge < -0.3 is 31.5 Å². The predicted octanol–water partition coefficient (Wildman–Crippen LogP) is 1.53. The van der Waals surface area contributed by atoms with Gasteiger partial charge in [0.2, 0.25) is 5.78 Å². The fourth-order valence-corrected chi connectivity index (χ4v) is 6.72. The van der Waals surface area contributed by atoms with Gasteiger partial charge in [0.15, 0.2) is 11.4 Å². The SMILES string of the molecule is CN(C)[C@@H]1C(O)=C(C(N)=O)C(=O)[C@@]2(O)C(O)=C3C(=O)c4c(cc5ccc(CNC6CC6)cc5c4O)C[C@H]3C[C@@H]12. The number of amides is 1. The van der Waals surface area contributed by atoms with Crippen molar-refractivity contribution in [3.05, 3.63) is 63.6 Å². The molecule has 0 aromatic heterocycles. The minimum atomic E-state index is -2.64. The molecular formula is C29H31N3O7. The second kappa shape index (κ2) is 8.64. The number of phenolic OH excluding ortho intramolecular Hbond substituents is 1. The Bertz CT molecular complexity index is 1540. The van der Waals surface area contributed by atoms with Gasteiger partial charge in [-0.05, 0) is 68.3 Å². The molecule has 7 N–H and O–H groups in total. The van der Waals surface area contributed by atoms with Gasteiger partial charge in [0.05, 0.1) is 11.6 Å². The Morgan fingerprint density at radius 1 is 1.15 bits per heavy atom. The monoisotopic (exact) mass is 533 g/mol. The van der Waals surface area contributed by atoms with E-state index in [1.54, 1.807) is 14.1 Å². The van der Waals surface area contributed by atoms with Crippen molar-refractivity contribution >= 4 is 28.2 Å². The van der Waals surface area contributed by atoms with Gasteiger partial charge in [0.25, 0.3) is 5.91 Å². The summed E-state index contributed by atoms with van der Waals surface area (Å²) >= 11 is 0. The number of fused-ring (bicyclic) bond motifs is 4. The number of carbonyl (C=O) groups excluding carboxylic acids is 3. The zero-order valence-corrected chi connectivity index (χ0v) is 21.7. The first kappa shape index (κ1) is 25.5. The third-order valence-corrected chi connectivity index (χ3v) is 8.76. The maximum absolute atomic E-state index is 13.9.